The highest BCUT2D eigenvalue weighted by atomic mass is 35.5. The number of nitrogens with one attached hydrogen (secondary N) is 2. The Balaban J connectivity index is 1.58. The second kappa shape index (κ2) is 9.33. The van der Waals surface area contributed by atoms with Crippen molar-refractivity contribution in [2.75, 3.05) is 0 Å². The monoisotopic (exact) mass is 461 g/mol. The minimum absolute atomic E-state index is 0.0224. The Bertz CT molecular complexity index is 1340. The summed E-state index contributed by atoms with van der Waals surface area (Å²) < 4.78 is 1.58. The third kappa shape index (κ3) is 4.73. The van der Waals surface area contributed by atoms with Crippen LogP contribution >= 0.6 is 11.6 Å². The molecule has 164 valence electrons. The van der Waals surface area contributed by atoms with Gasteiger partial charge < -0.3 is 0 Å². The van der Waals surface area contributed by atoms with Gasteiger partial charge in [0.05, 0.1) is 26.8 Å². The lowest BCUT2D eigenvalue weighted by atomic mass is 10.1. The van der Waals surface area contributed by atoms with Crippen molar-refractivity contribution in [2.24, 2.45) is 0 Å². The number of nitro groups is 1. The van der Waals surface area contributed by atoms with Crippen molar-refractivity contribution in [3.63, 3.8) is 0 Å². The predicted octanol–water partition coefficient (Wildman–Crippen LogP) is 4.18. The smallest absolute Gasteiger partial charge is 0.267 e. The van der Waals surface area contributed by atoms with Crippen molar-refractivity contribution in [2.45, 2.75) is 0 Å². The predicted molar refractivity (Wildman–Crippen MR) is 122 cm³/mol. The third-order valence-electron chi connectivity index (χ3n) is 4.72. The average molecular weight is 462 g/mol. The summed E-state index contributed by atoms with van der Waals surface area (Å²) in [5.41, 5.74) is 6.52. The number of hydrazine groups is 1. The molecular formula is C23H16ClN5O4. The van der Waals surface area contributed by atoms with E-state index in [0.717, 1.165) is 23.4 Å². The van der Waals surface area contributed by atoms with Gasteiger partial charge in [-0.3, -0.25) is 30.6 Å². The Morgan fingerprint density at radius 1 is 0.879 bits per heavy atom. The fraction of sp³-hybridized carbons (Fsp3) is 0. The summed E-state index contributed by atoms with van der Waals surface area (Å²) in [6.07, 6.45) is 1.57. The number of hydrogen-bond donors (Lipinski definition) is 2. The maximum atomic E-state index is 12.9. The lowest BCUT2D eigenvalue weighted by Crippen LogP contribution is -2.41. The van der Waals surface area contributed by atoms with Crippen LogP contribution in [0.4, 0.5) is 5.69 Å². The molecule has 33 heavy (non-hydrogen) atoms. The third-order valence-corrected chi connectivity index (χ3v) is 5.04. The zero-order chi connectivity index (χ0) is 23.4. The van der Waals surface area contributed by atoms with Crippen LogP contribution in [0.2, 0.25) is 5.02 Å². The number of nitrogens with zero attached hydrogens (tertiary/aromatic N) is 3. The van der Waals surface area contributed by atoms with Gasteiger partial charge in [0.2, 0.25) is 0 Å². The van der Waals surface area contributed by atoms with Crippen molar-refractivity contribution >= 4 is 29.1 Å². The first-order valence-corrected chi connectivity index (χ1v) is 10.1. The summed E-state index contributed by atoms with van der Waals surface area (Å²) in [5.74, 6) is -1.32. The lowest BCUT2D eigenvalue weighted by molar-refractivity contribution is -0.384. The zero-order valence-corrected chi connectivity index (χ0v) is 17.7. The van der Waals surface area contributed by atoms with Gasteiger partial charge in [0.15, 0.2) is 0 Å². The Morgan fingerprint density at radius 2 is 1.48 bits per heavy atom. The minimum atomic E-state index is -0.722. The molecule has 0 aliphatic rings. The largest absolute Gasteiger partial charge is 0.273 e. The van der Waals surface area contributed by atoms with E-state index in [-0.39, 0.29) is 21.8 Å². The molecule has 1 aromatic heterocycles. The molecule has 0 spiro atoms. The van der Waals surface area contributed by atoms with E-state index in [1.54, 1.807) is 10.9 Å². The van der Waals surface area contributed by atoms with Gasteiger partial charge >= 0.3 is 0 Å². The van der Waals surface area contributed by atoms with E-state index < -0.39 is 16.7 Å². The summed E-state index contributed by atoms with van der Waals surface area (Å²) in [7, 11) is 0. The molecule has 9 nitrogen and oxygen atoms in total. The molecule has 4 aromatic rings. The van der Waals surface area contributed by atoms with Crippen molar-refractivity contribution in [1.29, 1.82) is 0 Å². The van der Waals surface area contributed by atoms with Crippen LogP contribution < -0.4 is 10.9 Å². The van der Waals surface area contributed by atoms with Gasteiger partial charge in [-0.15, -0.1) is 0 Å². The first-order chi connectivity index (χ1) is 15.9. The van der Waals surface area contributed by atoms with Crippen molar-refractivity contribution in [1.82, 2.24) is 20.6 Å². The molecule has 1 heterocycles. The highest BCUT2D eigenvalue weighted by Crippen LogP contribution is 2.24. The molecular weight excluding hydrogens is 446 g/mol. The molecule has 0 aliphatic carbocycles. The van der Waals surface area contributed by atoms with Crippen LogP contribution in [-0.2, 0) is 0 Å². The Hall–Kier alpha value is -4.50. The number of aromatic nitrogens is 2. The number of non-ortho nitro benzene ring substituents is 1. The number of carbonyl (C=O) groups excluding carboxylic acids is 2. The molecule has 0 saturated heterocycles. The van der Waals surface area contributed by atoms with Crippen LogP contribution in [0.5, 0.6) is 0 Å². The summed E-state index contributed by atoms with van der Waals surface area (Å²) in [6, 6.07) is 21.9. The highest BCUT2D eigenvalue weighted by molar-refractivity contribution is 6.34. The fourth-order valence-corrected chi connectivity index (χ4v) is 3.37. The maximum absolute atomic E-state index is 12.9. The van der Waals surface area contributed by atoms with Crippen molar-refractivity contribution in [3.8, 4) is 16.9 Å². The number of amides is 2. The van der Waals surface area contributed by atoms with Gasteiger partial charge in [-0.1, -0.05) is 60.1 Å². The van der Waals surface area contributed by atoms with Gasteiger partial charge in [0.1, 0.15) is 5.69 Å². The Morgan fingerprint density at radius 3 is 2.09 bits per heavy atom. The molecule has 3 aromatic carbocycles. The minimum Gasteiger partial charge on any atom is -0.267 e. The van der Waals surface area contributed by atoms with E-state index in [2.05, 4.69) is 16.0 Å². The second-order valence-corrected chi connectivity index (χ2v) is 7.27. The van der Waals surface area contributed by atoms with E-state index in [4.69, 9.17) is 11.6 Å². The molecule has 4 rings (SSSR count). The maximum Gasteiger partial charge on any atom is 0.273 e. The van der Waals surface area contributed by atoms with E-state index >= 15 is 0 Å². The molecule has 0 atom stereocenters. The van der Waals surface area contributed by atoms with Gasteiger partial charge in [0.25, 0.3) is 17.5 Å². The molecule has 0 fully saturated rings. The van der Waals surface area contributed by atoms with Crippen LogP contribution in [0.3, 0.4) is 0 Å². The summed E-state index contributed by atoms with van der Waals surface area (Å²) in [6.45, 7) is 0. The number of para-hydroxylation sites is 1. The number of hydrogen-bond acceptors (Lipinski definition) is 5. The number of nitro benzene ring substituents is 1. The van der Waals surface area contributed by atoms with E-state index in [0.29, 0.717) is 5.69 Å². The van der Waals surface area contributed by atoms with Crippen molar-refractivity contribution < 1.29 is 14.5 Å². The van der Waals surface area contributed by atoms with E-state index in [1.165, 1.54) is 6.07 Å². The molecule has 0 unspecified atom stereocenters. The van der Waals surface area contributed by atoms with Gasteiger partial charge in [-0.2, -0.15) is 5.10 Å². The highest BCUT2D eigenvalue weighted by Gasteiger charge is 2.20. The summed E-state index contributed by atoms with van der Waals surface area (Å²) in [4.78, 5) is 35.6. The van der Waals surface area contributed by atoms with Gasteiger partial charge in [-0.25, -0.2) is 4.68 Å². The van der Waals surface area contributed by atoms with Crippen LogP contribution in [0, 0.1) is 10.1 Å². The molecule has 0 saturated carbocycles. The Labute approximate surface area is 192 Å². The van der Waals surface area contributed by atoms with E-state index in [9.17, 15) is 19.7 Å². The van der Waals surface area contributed by atoms with Gasteiger partial charge in [-0.05, 0) is 18.2 Å². The topological polar surface area (TPSA) is 119 Å². The standard InChI is InChI=1S/C23H16ClN5O4/c24-20-13-17(29(32)33)11-12-18(20)22(30)25-26-23(31)19-14-28(16-9-5-2-6-10-16)27-21(19)15-7-3-1-4-8-15/h1-14H,(H,25,30)(H,26,31). The van der Waals surface area contributed by atoms with Crippen LogP contribution in [0.15, 0.2) is 85.1 Å². The van der Waals surface area contributed by atoms with Crippen molar-refractivity contribution in [3.05, 3.63) is 111 Å². The molecule has 0 aliphatic heterocycles. The quantitative estimate of drug-likeness (QED) is 0.341. The fourth-order valence-electron chi connectivity index (χ4n) is 3.11. The molecule has 2 N–H and O–H groups in total. The first kappa shape index (κ1) is 21.7. The zero-order valence-electron chi connectivity index (χ0n) is 16.9. The van der Waals surface area contributed by atoms with Crippen LogP contribution in [-0.4, -0.2) is 26.5 Å². The lowest BCUT2D eigenvalue weighted by Gasteiger charge is -2.08. The normalized spacial score (nSPS) is 10.5. The number of carbonyl (C=O) groups is 2. The number of benzene rings is 3. The summed E-state index contributed by atoms with van der Waals surface area (Å²) >= 11 is 5.99. The molecule has 0 radical (unpaired) electrons. The first-order valence-electron chi connectivity index (χ1n) is 9.69. The average Bonchev–Trinajstić information content (AvgIpc) is 3.29. The second-order valence-electron chi connectivity index (χ2n) is 6.87. The molecule has 2 amide bonds. The van der Waals surface area contributed by atoms with Gasteiger partial charge in [0, 0.05) is 23.9 Å². The summed E-state index contributed by atoms with van der Waals surface area (Å²) in [5, 5.41) is 15.3. The number of halogens is 1. The number of rotatable bonds is 5. The van der Waals surface area contributed by atoms with Crippen LogP contribution in [0.1, 0.15) is 20.7 Å². The van der Waals surface area contributed by atoms with Crippen LogP contribution in [0.25, 0.3) is 16.9 Å². The SMILES string of the molecule is O=C(NNC(=O)c1cn(-c2ccccc2)nc1-c1ccccc1)c1ccc([N+](=O)[O-])cc1Cl. The molecule has 0 bridgehead atoms. The van der Waals surface area contributed by atoms with E-state index in [1.807, 2.05) is 60.7 Å². The molecule has 10 heteroatoms. The Kier molecular flexibility index (Phi) is 6.14.